The van der Waals surface area contributed by atoms with Crippen LogP contribution in [0.2, 0.25) is 5.02 Å². The van der Waals surface area contributed by atoms with Crippen molar-refractivity contribution in [3.63, 3.8) is 0 Å². The fraction of sp³-hybridized carbons (Fsp3) is 0.450. The average molecular weight is 441 g/mol. The summed E-state index contributed by atoms with van der Waals surface area (Å²) in [6.07, 6.45) is 3.88. The number of benzene rings is 1. The summed E-state index contributed by atoms with van der Waals surface area (Å²) in [5.74, 6) is 0.546. The minimum atomic E-state index is -3.85. The van der Waals surface area contributed by atoms with E-state index >= 15 is 0 Å². The number of hydrogen-bond donors (Lipinski definition) is 2. The van der Waals surface area contributed by atoms with Gasteiger partial charge < -0.3 is 14.8 Å². The molecule has 1 saturated carbocycles. The van der Waals surface area contributed by atoms with Crippen molar-refractivity contribution >= 4 is 27.5 Å². The van der Waals surface area contributed by atoms with Crippen molar-refractivity contribution in [2.75, 3.05) is 14.2 Å². The van der Waals surface area contributed by atoms with Crippen LogP contribution in [-0.2, 0) is 14.8 Å². The molecule has 2 aliphatic carbocycles. The summed E-state index contributed by atoms with van der Waals surface area (Å²) in [5, 5.41) is 8.79. The number of nitrogens with two attached hydrogens (primary N) is 1. The van der Waals surface area contributed by atoms with Crippen LogP contribution in [0.15, 0.2) is 41.0 Å². The van der Waals surface area contributed by atoms with E-state index in [-0.39, 0.29) is 39.9 Å². The fourth-order valence-corrected chi connectivity index (χ4v) is 5.12. The van der Waals surface area contributed by atoms with Gasteiger partial charge in [0.15, 0.2) is 0 Å². The normalized spacial score (nSPS) is 25.5. The molecule has 1 aromatic carbocycles. The summed E-state index contributed by atoms with van der Waals surface area (Å²) >= 11 is 6.04. The topological polar surface area (TPSA) is 108 Å². The highest BCUT2D eigenvalue weighted by Gasteiger charge is 2.61. The Morgan fingerprint density at radius 2 is 1.97 bits per heavy atom. The van der Waals surface area contributed by atoms with Gasteiger partial charge >= 0.3 is 0 Å². The monoisotopic (exact) mass is 440 g/mol. The number of rotatable bonds is 6. The number of primary sulfonamides is 1. The Bertz CT molecular complexity index is 1000. The van der Waals surface area contributed by atoms with Crippen molar-refractivity contribution in [2.24, 2.45) is 22.4 Å². The molecule has 0 saturated heterocycles. The molecule has 29 heavy (non-hydrogen) atoms. The first-order valence-electron chi connectivity index (χ1n) is 9.14. The first kappa shape index (κ1) is 21.7. The molecule has 3 N–H and O–H groups in total. The lowest BCUT2D eigenvalue weighted by atomic mass is 9.90. The van der Waals surface area contributed by atoms with E-state index in [0.717, 1.165) is 0 Å². The number of allylic oxidation sites excluding steroid dienone is 2. The summed E-state index contributed by atoms with van der Waals surface area (Å²) < 4.78 is 34.0. The Kier molecular flexibility index (Phi) is 5.73. The predicted octanol–water partition coefficient (Wildman–Crippen LogP) is 2.83. The van der Waals surface area contributed by atoms with Gasteiger partial charge in [-0.3, -0.25) is 4.79 Å². The van der Waals surface area contributed by atoms with Gasteiger partial charge in [0, 0.05) is 11.1 Å². The summed E-state index contributed by atoms with van der Waals surface area (Å²) in [7, 11) is -0.942. The Balaban J connectivity index is 1.79. The molecule has 0 heterocycles. The van der Waals surface area contributed by atoms with Crippen LogP contribution < -0.4 is 15.2 Å². The molecule has 3 atom stereocenters. The molecule has 9 heteroatoms. The van der Waals surface area contributed by atoms with E-state index < -0.39 is 10.0 Å². The summed E-state index contributed by atoms with van der Waals surface area (Å²) in [4.78, 5) is 12.8. The number of hydrogen-bond acceptors (Lipinski definition) is 5. The second-order valence-corrected chi connectivity index (χ2v) is 9.86. The fourth-order valence-electron chi connectivity index (χ4n) is 4.19. The number of carbonyl (C=O) groups excluding carboxylic acids is 1. The van der Waals surface area contributed by atoms with Crippen molar-refractivity contribution in [1.82, 2.24) is 5.32 Å². The molecular formula is C20H25ClN2O5S. The highest BCUT2D eigenvalue weighted by Crippen LogP contribution is 2.58. The molecule has 2 aliphatic rings. The lowest BCUT2D eigenvalue weighted by Crippen LogP contribution is -2.30. The molecule has 7 nitrogen and oxygen atoms in total. The van der Waals surface area contributed by atoms with Gasteiger partial charge in [-0.05, 0) is 47.9 Å². The van der Waals surface area contributed by atoms with Gasteiger partial charge in [0.2, 0.25) is 10.0 Å². The third-order valence-electron chi connectivity index (χ3n) is 5.77. The molecule has 0 radical (unpaired) electrons. The van der Waals surface area contributed by atoms with E-state index in [4.69, 9.17) is 26.2 Å². The van der Waals surface area contributed by atoms with Crippen LogP contribution in [-0.4, -0.2) is 34.6 Å². The van der Waals surface area contributed by atoms with E-state index in [1.54, 1.807) is 30.4 Å². The zero-order valence-corrected chi connectivity index (χ0v) is 18.3. The first-order chi connectivity index (χ1) is 13.5. The molecular weight excluding hydrogens is 416 g/mol. The minimum absolute atomic E-state index is 0.000967. The van der Waals surface area contributed by atoms with Crippen LogP contribution in [0.3, 0.4) is 0 Å². The molecule has 1 unspecified atom stereocenters. The van der Waals surface area contributed by atoms with E-state index in [2.05, 4.69) is 19.2 Å². The Morgan fingerprint density at radius 3 is 2.55 bits per heavy atom. The van der Waals surface area contributed by atoms with Gasteiger partial charge in [-0.1, -0.05) is 31.5 Å². The number of ether oxygens (including phenoxy) is 2. The molecule has 1 aromatic rings. The summed E-state index contributed by atoms with van der Waals surface area (Å²) in [6.45, 7) is 4.13. The largest absolute Gasteiger partial charge is 0.496 e. The van der Waals surface area contributed by atoms with Gasteiger partial charge in [0.05, 0.1) is 19.8 Å². The van der Waals surface area contributed by atoms with Crippen molar-refractivity contribution in [2.45, 2.75) is 26.3 Å². The molecule has 0 aliphatic heterocycles. The maximum Gasteiger partial charge on any atom is 0.255 e. The first-order valence-corrected chi connectivity index (χ1v) is 11.1. The standard InChI is InChI=1S/C20H25ClN2O5S/c1-20(2)17(11-5-8-16(29(22,25)26)15(9-11)28-4)18(20)23-19(24)13-10-12(21)6-7-14(13)27-3/h6-11,17-18H,5H2,1-4H3,(H,23,24)(H2,22,25,26)/t11?,17-,18-/m0/s1. The van der Waals surface area contributed by atoms with Gasteiger partial charge in [-0.2, -0.15) is 0 Å². The van der Waals surface area contributed by atoms with E-state index in [1.807, 2.05) is 0 Å². The van der Waals surface area contributed by atoms with Crippen LogP contribution in [0, 0.1) is 17.3 Å². The number of amides is 1. The molecule has 1 amide bonds. The second kappa shape index (κ2) is 7.66. The molecule has 3 rings (SSSR count). The van der Waals surface area contributed by atoms with Gasteiger partial charge in [0.1, 0.15) is 16.4 Å². The van der Waals surface area contributed by atoms with E-state index in [0.29, 0.717) is 22.8 Å². The Morgan fingerprint density at radius 1 is 1.28 bits per heavy atom. The number of methoxy groups -OCH3 is 2. The molecule has 0 bridgehead atoms. The Hall–Kier alpha value is -2.03. The zero-order chi connectivity index (χ0) is 21.6. The van der Waals surface area contributed by atoms with E-state index in [1.165, 1.54) is 14.2 Å². The molecule has 0 spiro atoms. The molecule has 158 valence electrons. The third-order valence-corrected chi connectivity index (χ3v) is 6.99. The van der Waals surface area contributed by atoms with Gasteiger partial charge in [-0.15, -0.1) is 0 Å². The smallest absolute Gasteiger partial charge is 0.255 e. The number of carbonyl (C=O) groups is 1. The highest BCUT2D eigenvalue weighted by molar-refractivity contribution is 7.93. The quantitative estimate of drug-likeness (QED) is 0.707. The number of halogens is 1. The SMILES string of the molecule is COC1=CC([C@H]2[C@H](NC(=O)c3cc(Cl)ccc3OC)C2(C)C)CC=C1S(N)(=O)=O. The summed E-state index contributed by atoms with van der Waals surface area (Å²) in [5.41, 5.74) is 0.198. The average Bonchev–Trinajstić information content (AvgIpc) is 3.20. The van der Waals surface area contributed by atoms with Crippen LogP contribution in [0.25, 0.3) is 0 Å². The van der Waals surface area contributed by atoms with Gasteiger partial charge in [-0.25, -0.2) is 13.6 Å². The molecule has 1 fully saturated rings. The third kappa shape index (κ3) is 4.15. The van der Waals surface area contributed by atoms with Crippen LogP contribution >= 0.6 is 11.6 Å². The van der Waals surface area contributed by atoms with Gasteiger partial charge in [0.25, 0.3) is 5.91 Å². The van der Waals surface area contributed by atoms with E-state index in [9.17, 15) is 13.2 Å². The predicted molar refractivity (Wildman–Crippen MR) is 111 cm³/mol. The van der Waals surface area contributed by atoms with Crippen LogP contribution in [0.4, 0.5) is 0 Å². The second-order valence-electron chi connectivity index (χ2n) is 7.89. The maximum atomic E-state index is 12.8. The minimum Gasteiger partial charge on any atom is -0.496 e. The Labute approximate surface area is 175 Å². The number of sulfonamides is 1. The lowest BCUT2D eigenvalue weighted by Gasteiger charge is -2.21. The van der Waals surface area contributed by atoms with Crippen molar-refractivity contribution < 1.29 is 22.7 Å². The van der Waals surface area contributed by atoms with Crippen molar-refractivity contribution in [3.05, 3.63) is 51.6 Å². The van der Waals surface area contributed by atoms with Crippen molar-refractivity contribution in [1.29, 1.82) is 0 Å². The number of nitrogens with one attached hydrogen (secondary N) is 1. The maximum absolute atomic E-state index is 12.8. The zero-order valence-electron chi connectivity index (χ0n) is 16.7. The summed E-state index contributed by atoms with van der Waals surface area (Å²) in [6, 6.07) is 4.80. The van der Waals surface area contributed by atoms with Crippen molar-refractivity contribution in [3.8, 4) is 5.75 Å². The van der Waals surface area contributed by atoms with Crippen LogP contribution in [0.1, 0.15) is 30.6 Å². The lowest BCUT2D eigenvalue weighted by molar-refractivity contribution is 0.0941. The highest BCUT2D eigenvalue weighted by atomic mass is 35.5. The molecule has 0 aromatic heterocycles. The van der Waals surface area contributed by atoms with Crippen LogP contribution in [0.5, 0.6) is 5.75 Å².